The Bertz CT molecular complexity index is 1030. The van der Waals surface area contributed by atoms with Crippen LogP contribution in [0.1, 0.15) is 55.8 Å². The number of ether oxygens (including phenoxy) is 1. The number of H-pyrrole nitrogens is 1. The van der Waals surface area contributed by atoms with Crippen molar-refractivity contribution in [2.75, 3.05) is 11.1 Å². The third-order valence-electron chi connectivity index (χ3n) is 5.64. The zero-order chi connectivity index (χ0) is 21.3. The summed E-state index contributed by atoms with van der Waals surface area (Å²) in [5, 5.41) is 13.5. The number of sulfone groups is 1. The van der Waals surface area contributed by atoms with E-state index in [-0.39, 0.29) is 35.7 Å². The molecule has 0 radical (unpaired) electrons. The van der Waals surface area contributed by atoms with Crippen molar-refractivity contribution >= 4 is 27.4 Å². The fourth-order valence-electron chi connectivity index (χ4n) is 4.16. The van der Waals surface area contributed by atoms with Gasteiger partial charge in [0, 0.05) is 29.4 Å². The molecule has 30 heavy (non-hydrogen) atoms. The lowest BCUT2D eigenvalue weighted by molar-refractivity contribution is 0.0981. The Labute approximate surface area is 176 Å². The maximum Gasteiger partial charge on any atom is 0.407 e. The molecule has 4 rings (SSSR count). The van der Waals surface area contributed by atoms with Crippen LogP contribution in [-0.4, -0.2) is 42.6 Å². The Kier molecular flexibility index (Phi) is 5.73. The summed E-state index contributed by atoms with van der Waals surface area (Å²) in [5.74, 6) is 1.32. The Morgan fingerprint density at radius 3 is 2.87 bits per heavy atom. The summed E-state index contributed by atoms with van der Waals surface area (Å²) in [5.41, 5.74) is 3.87. The number of rotatable bonds is 5. The van der Waals surface area contributed by atoms with Gasteiger partial charge in [-0.15, -0.1) is 0 Å². The van der Waals surface area contributed by atoms with Gasteiger partial charge >= 0.3 is 6.09 Å². The first-order chi connectivity index (χ1) is 14.3. The van der Waals surface area contributed by atoms with Gasteiger partial charge in [0.05, 0.1) is 11.5 Å². The van der Waals surface area contributed by atoms with Crippen molar-refractivity contribution in [3.63, 3.8) is 0 Å². The standard InChI is InChI=1S/C21H28N4O4S/c1-13(2)22-21(26)29-18-6-4-15(10-18)19-11-20(25-24-19)23-17-5-3-16-12-30(27,28)8-7-14(16)9-17/h3,5,9,11,13,15,18H,4,6-8,10,12H2,1-2H3,(H,22,26)(H2,23,24,25)/t15-,18?/m0/s1. The smallest absolute Gasteiger partial charge is 0.407 e. The van der Waals surface area contributed by atoms with Crippen molar-refractivity contribution in [3.8, 4) is 0 Å². The molecule has 1 aromatic carbocycles. The zero-order valence-electron chi connectivity index (χ0n) is 17.3. The van der Waals surface area contributed by atoms with E-state index >= 15 is 0 Å². The van der Waals surface area contributed by atoms with E-state index in [0.717, 1.165) is 47.6 Å². The maximum absolute atomic E-state index is 11.8. The summed E-state index contributed by atoms with van der Waals surface area (Å²) < 4.78 is 29.1. The predicted molar refractivity (Wildman–Crippen MR) is 115 cm³/mol. The molecule has 1 saturated carbocycles. The minimum atomic E-state index is -2.97. The second kappa shape index (κ2) is 8.29. The van der Waals surface area contributed by atoms with Gasteiger partial charge in [0.1, 0.15) is 6.10 Å². The summed E-state index contributed by atoms with van der Waals surface area (Å²) >= 11 is 0. The molecule has 0 saturated heterocycles. The molecule has 2 aliphatic rings. The number of hydrogen-bond acceptors (Lipinski definition) is 6. The lowest BCUT2D eigenvalue weighted by Gasteiger charge is -2.17. The zero-order valence-corrected chi connectivity index (χ0v) is 18.1. The first-order valence-corrected chi connectivity index (χ1v) is 12.2. The van der Waals surface area contributed by atoms with Crippen LogP contribution in [0.15, 0.2) is 24.3 Å². The summed E-state index contributed by atoms with van der Waals surface area (Å²) in [6.45, 7) is 3.81. The minimum Gasteiger partial charge on any atom is -0.446 e. The largest absolute Gasteiger partial charge is 0.446 e. The van der Waals surface area contributed by atoms with Crippen LogP contribution in [0.3, 0.4) is 0 Å². The SMILES string of the molecule is CC(C)NC(=O)OC1CC[C@H](c2cc(Nc3ccc4c(c3)CCS(=O)(=O)C4)n[nH]2)C1. The van der Waals surface area contributed by atoms with Crippen LogP contribution in [0.25, 0.3) is 0 Å². The highest BCUT2D eigenvalue weighted by Gasteiger charge is 2.30. The highest BCUT2D eigenvalue weighted by molar-refractivity contribution is 7.90. The number of aromatic amines is 1. The Balaban J connectivity index is 1.36. The van der Waals surface area contributed by atoms with Crippen molar-refractivity contribution in [1.82, 2.24) is 15.5 Å². The quantitative estimate of drug-likeness (QED) is 0.667. The van der Waals surface area contributed by atoms with Crippen molar-refractivity contribution in [2.45, 2.75) is 63.3 Å². The first kappa shape index (κ1) is 20.7. The predicted octanol–water partition coefficient (Wildman–Crippen LogP) is 3.39. The number of carbonyl (C=O) groups is 1. The number of nitrogens with one attached hydrogen (secondary N) is 3. The van der Waals surface area contributed by atoms with E-state index in [4.69, 9.17) is 4.74 Å². The number of aryl methyl sites for hydroxylation is 1. The molecule has 1 aromatic heterocycles. The highest BCUT2D eigenvalue weighted by atomic mass is 32.2. The van der Waals surface area contributed by atoms with Gasteiger partial charge in [0.2, 0.25) is 0 Å². The van der Waals surface area contributed by atoms with Gasteiger partial charge < -0.3 is 15.4 Å². The second-order valence-electron chi connectivity index (χ2n) is 8.50. The Morgan fingerprint density at radius 2 is 2.07 bits per heavy atom. The molecule has 1 unspecified atom stereocenters. The van der Waals surface area contributed by atoms with Crippen molar-refractivity contribution in [1.29, 1.82) is 0 Å². The average molecular weight is 433 g/mol. The average Bonchev–Trinajstić information content (AvgIpc) is 3.30. The number of benzene rings is 1. The second-order valence-corrected chi connectivity index (χ2v) is 10.7. The van der Waals surface area contributed by atoms with Crippen LogP contribution < -0.4 is 10.6 Å². The van der Waals surface area contributed by atoms with E-state index in [9.17, 15) is 13.2 Å². The van der Waals surface area contributed by atoms with Gasteiger partial charge in [0.15, 0.2) is 15.7 Å². The molecule has 0 bridgehead atoms. The van der Waals surface area contributed by atoms with Crippen LogP contribution in [0.4, 0.5) is 16.3 Å². The van der Waals surface area contributed by atoms with Crippen molar-refractivity contribution in [3.05, 3.63) is 41.1 Å². The van der Waals surface area contributed by atoms with Gasteiger partial charge in [0.25, 0.3) is 0 Å². The van der Waals surface area contributed by atoms with E-state index < -0.39 is 9.84 Å². The number of carbonyl (C=O) groups excluding carboxylic acids is 1. The van der Waals surface area contributed by atoms with Crippen LogP contribution in [-0.2, 0) is 26.7 Å². The summed E-state index contributed by atoms with van der Waals surface area (Å²) in [4.78, 5) is 11.8. The molecule has 1 fully saturated rings. The topological polar surface area (TPSA) is 113 Å². The number of aromatic nitrogens is 2. The van der Waals surface area contributed by atoms with E-state index in [0.29, 0.717) is 6.42 Å². The third-order valence-corrected chi connectivity index (χ3v) is 7.22. The number of hydrogen-bond donors (Lipinski definition) is 3. The van der Waals surface area contributed by atoms with Crippen LogP contribution >= 0.6 is 0 Å². The van der Waals surface area contributed by atoms with Gasteiger partial charge in [-0.2, -0.15) is 5.10 Å². The lowest BCUT2D eigenvalue weighted by Crippen LogP contribution is -2.33. The molecule has 1 amide bonds. The van der Waals surface area contributed by atoms with Gasteiger partial charge in [-0.3, -0.25) is 5.10 Å². The lowest BCUT2D eigenvalue weighted by atomic mass is 10.0. The fourth-order valence-corrected chi connectivity index (χ4v) is 5.59. The number of fused-ring (bicyclic) bond motifs is 1. The summed E-state index contributed by atoms with van der Waals surface area (Å²) in [6.07, 6.45) is 2.67. The normalized spacial score (nSPS) is 22.5. The van der Waals surface area contributed by atoms with Gasteiger partial charge in [-0.25, -0.2) is 13.2 Å². The van der Waals surface area contributed by atoms with Crippen LogP contribution in [0.2, 0.25) is 0 Å². The maximum atomic E-state index is 11.8. The fraction of sp³-hybridized carbons (Fsp3) is 0.524. The molecular weight excluding hydrogens is 404 g/mol. The molecule has 2 aromatic rings. The van der Waals surface area contributed by atoms with E-state index in [1.807, 2.05) is 38.1 Å². The molecule has 9 heteroatoms. The molecule has 2 heterocycles. The molecule has 1 aliphatic heterocycles. The van der Waals surface area contributed by atoms with Crippen LogP contribution in [0.5, 0.6) is 0 Å². The third kappa shape index (κ3) is 4.95. The molecular formula is C21H28N4O4S. The molecule has 8 nitrogen and oxygen atoms in total. The van der Waals surface area contributed by atoms with E-state index in [1.165, 1.54) is 0 Å². The van der Waals surface area contributed by atoms with Gasteiger partial charge in [-0.05, 0) is 62.8 Å². The molecule has 2 atom stereocenters. The summed E-state index contributed by atoms with van der Waals surface area (Å²) in [6, 6.07) is 7.82. The van der Waals surface area contributed by atoms with Crippen molar-refractivity contribution in [2.24, 2.45) is 0 Å². The molecule has 3 N–H and O–H groups in total. The molecule has 162 valence electrons. The summed E-state index contributed by atoms with van der Waals surface area (Å²) in [7, 11) is -2.97. The van der Waals surface area contributed by atoms with Crippen LogP contribution in [0, 0.1) is 0 Å². The number of alkyl carbamates (subject to hydrolysis) is 1. The Hall–Kier alpha value is -2.55. The number of anilines is 2. The van der Waals surface area contributed by atoms with E-state index in [1.54, 1.807) is 0 Å². The minimum absolute atomic E-state index is 0.0592. The highest BCUT2D eigenvalue weighted by Crippen LogP contribution is 2.36. The van der Waals surface area contributed by atoms with Gasteiger partial charge in [-0.1, -0.05) is 6.07 Å². The monoisotopic (exact) mass is 432 g/mol. The Morgan fingerprint density at radius 1 is 1.23 bits per heavy atom. The molecule has 1 aliphatic carbocycles. The first-order valence-electron chi connectivity index (χ1n) is 10.4. The number of nitrogens with zero attached hydrogens (tertiary/aromatic N) is 1. The van der Waals surface area contributed by atoms with E-state index in [2.05, 4.69) is 20.8 Å². The van der Waals surface area contributed by atoms with Crippen molar-refractivity contribution < 1.29 is 17.9 Å². The molecule has 0 spiro atoms. The number of amides is 1.